The van der Waals surface area contributed by atoms with Crippen LogP contribution in [0, 0.1) is 16.7 Å². The molecule has 1 saturated heterocycles. The third-order valence-corrected chi connectivity index (χ3v) is 6.90. The topological polar surface area (TPSA) is 79.6 Å². The summed E-state index contributed by atoms with van der Waals surface area (Å²) in [6, 6.07) is 30.2. The molecule has 176 valence electrons. The number of hydrogen-bond acceptors (Lipinski definition) is 5. The summed E-state index contributed by atoms with van der Waals surface area (Å²) in [6.07, 6.45) is -0.926. The zero-order chi connectivity index (χ0) is 24.3. The lowest BCUT2D eigenvalue weighted by molar-refractivity contribution is -0.118. The predicted octanol–water partition coefficient (Wildman–Crippen LogP) is 5.38. The van der Waals surface area contributed by atoms with Gasteiger partial charge in [-0.15, -0.1) is 0 Å². The lowest BCUT2D eigenvalue weighted by atomic mass is 9.82. The highest BCUT2D eigenvalue weighted by Gasteiger charge is 2.57. The lowest BCUT2D eigenvalue weighted by Gasteiger charge is -2.37. The number of nitrogens with zero attached hydrogens (tertiary/aromatic N) is 2. The van der Waals surface area contributed by atoms with Gasteiger partial charge in [0.2, 0.25) is 0 Å². The van der Waals surface area contributed by atoms with Gasteiger partial charge in [-0.05, 0) is 16.7 Å². The summed E-state index contributed by atoms with van der Waals surface area (Å²) in [6.45, 7) is 0.375. The first-order chi connectivity index (χ1) is 17.1. The average molecular weight is 467 g/mol. The van der Waals surface area contributed by atoms with Crippen LogP contribution in [0.25, 0.3) is 0 Å². The highest BCUT2D eigenvalue weighted by Crippen LogP contribution is 2.50. The number of benzene rings is 3. The number of ketones is 1. The van der Waals surface area contributed by atoms with E-state index in [2.05, 4.69) is 6.07 Å². The Kier molecular flexibility index (Phi) is 6.35. The minimum atomic E-state index is -1.15. The number of ether oxygens (including phenoxy) is 2. The standard InChI is InChI=1S/C29H26N2O4/c30-19-29(20-34-18-21-10-4-1-5-11-21)17-24(32)16-25(29)31-26(22-12-6-2-7-13-22)27(35-28(31)33)23-14-8-3-9-15-23/h1-15,25-27H,16-18,20H2/t25-,26-,27+,29-/m1/s1. The maximum absolute atomic E-state index is 13.4. The lowest BCUT2D eigenvalue weighted by Crippen LogP contribution is -2.48. The van der Waals surface area contributed by atoms with Gasteiger partial charge in [-0.2, -0.15) is 5.26 Å². The van der Waals surface area contributed by atoms with Gasteiger partial charge in [0, 0.05) is 12.8 Å². The van der Waals surface area contributed by atoms with E-state index in [-0.39, 0.29) is 25.2 Å². The van der Waals surface area contributed by atoms with Gasteiger partial charge in [-0.1, -0.05) is 91.0 Å². The number of carbonyl (C=O) groups excluding carboxylic acids is 2. The van der Waals surface area contributed by atoms with Crippen LogP contribution in [-0.2, 0) is 20.9 Å². The Morgan fingerprint density at radius 3 is 2.14 bits per heavy atom. The van der Waals surface area contributed by atoms with Crippen LogP contribution in [0.4, 0.5) is 4.79 Å². The number of carbonyl (C=O) groups is 2. The molecule has 6 heteroatoms. The van der Waals surface area contributed by atoms with Crippen LogP contribution in [0.1, 0.15) is 41.7 Å². The predicted molar refractivity (Wildman–Crippen MR) is 129 cm³/mol. The molecule has 0 aromatic heterocycles. The summed E-state index contributed by atoms with van der Waals surface area (Å²) >= 11 is 0. The van der Waals surface area contributed by atoms with Gasteiger partial charge in [-0.3, -0.25) is 9.69 Å². The Balaban J connectivity index is 1.48. The number of nitriles is 1. The molecule has 4 atom stereocenters. The zero-order valence-corrected chi connectivity index (χ0v) is 19.2. The molecule has 0 unspecified atom stereocenters. The number of hydrogen-bond donors (Lipinski definition) is 0. The molecule has 1 aliphatic heterocycles. The van der Waals surface area contributed by atoms with E-state index < -0.39 is 29.7 Å². The molecular weight excluding hydrogens is 440 g/mol. The molecule has 1 aliphatic carbocycles. The van der Waals surface area contributed by atoms with Crippen molar-refractivity contribution < 1.29 is 19.1 Å². The molecule has 3 aromatic rings. The Labute approximate surface area is 204 Å². The van der Waals surface area contributed by atoms with Crippen LogP contribution in [0.3, 0.4) is 0 Å². The second kappa shape index (κ2) is 9.73. The van der Waals surface area contributed by atoms with Crippen molar-refractivity contribution in [1.82, 2.24) is 4.90 Å². The van der Waals surface area contributed by atoms with Gasteiger partial charge in [-0.25, -0.2) is 4.79 Å². The average Bonchev–Trinajstić information content (AvgIpc) is 3.42. The molecule has 3 aromatic carbocycles. The van der Waals surface area contributed by atoms with Crippen molar-refractivity contribution in [3.8, 4) is 6.07 Å². The monoisotopic (exact) mass is 466 g/mol. The molecule has 5 rings (SSSR count). The molecular formula is C29H26N2O4. The Morgan fingerprint density at radius 2 is 1.51 bits per heavy atom. The summed E-state index contributed by atoms with van der Waals surface area (Å²) in [5.74, 6) is -0.0531. The van der Waals surface area contributed by atoms with Crippen molar-refractivity contribution in [3.63, 3.8) is 0 Å². The molecule has 0 spiro atoms. The molecule has 1 amide bonds. The van der Waals surface area contributed by atoms with Gasteiger partial charge in [0.15, 0.2) is 6.10 Å². The summed E-state index contributed by atoms with van der Waals surface area (Å²) in [5, 5.41) is 10.3. The van der Waals surface area contributed by atoms with E-state index in [1.54, 1.807) is 4.90 Å². The summed E-state index contributed by atoms with van der Waals surface area (Å²) in [4.78, 5) is 27.7. The minimum absolute atomic E-state index is 0.0459. The third-order valence-electron chi connectivity index (χ3n) is 6.90. The molecule has 1 saturated carbocycles. The normalized spacial score (nSPS) is 25.9. The first-order valence-electron chi connectivity index (χ1n) is 11.7. The van der Waals surface area contributed by atoms with Crippen LogP contribution < -0.4 is 0 Å². The van der Waals surface area contributed by atoms with Gasteiger partial charge in [0.25, 0.3) is 0 Å². The van der Waals surface area contributed by atoms with E-state index in [0.29, 0.717) is 6.61 Å². The quantitative estimate of drug-likeness (QED) is 0.467. The van der Waals surface area contributed by atoms with E-state index in [0.717, 1.165) is 16.7 Å². The zero-order valence-electron chi connectivity index (χ0n) is 19.2. The van der Waals surface area contributed by atoms with Crippen molar-refractivity contribution >= 4 is 11.9 Å². The second-order valence-corrected chi connectivity index (χ2v) is 9.16. The van der Waals surface area contributed by atoms with Crippen molar-refractivity contribution in [2.24, 2.45) is 5.41 Å². The Hall–Kier alpha value is -3.95. The van der Waals surface area contributed by atoms with E-state index >= 15 is 0 Å². The van der Waals surface area contributed by atoms with E-state index in [1.165, 1.54) is 0 Å². The van der Waals surface area contributed by atoms with Gasteiger partial charge in [0.05, 0.1) is 25.3 Å². The minimum Gasteiger partial charge on any atom is -0.439 e. The largest absolute Gasteiger partial charge is 0.439 e. The summed E-state index contributed by atoms with van der Waals surface area (Å²) < 4.78 is 11.9. The number of Topliss-reactive ketones (excluding diaryl/α,β-unsaturated/α-hetero) is 1. The highest BCUT2D eigenvalue weighted by molar-refractivity contribution is 5.85. The molecule has 35 heavy (non-hydrogen) atoms. The first kappa shape index (κ1) is 22.8. The summed E-state index contributed by atoms with van der Waals surface area (Å²) in [7, 11) is 0. The molecule has 0 bridgehead atoms. The smallest absolute Gasteiger partial charge is 0.411 e. The van der Waals surface area contributed by atoms with Crippen LogP contribution in [-0.4, -0.2) is 29.4 Å². The molecule has 2 fully saturated rings. The molecule has 2 aliphatic rings. The van der Waals surface area contributed by atoms with E-state index in [9.17, 15) is 14.9 Å². The Morgan fingerprint density at radius 1 is 0.914 bits per heavy atom. The fourth-order valence-corrected chi connectivity index (χ4v) is 5.23. The van der Waals surface area contributed by atoms with Crippen LogP contribution in [0.5, 0.6) is 0 Å². The fraction of sp³-hybridized carbons (Fsp3) is 0.276. The molecule has 1 heterocycles. The fourth-order valence-electron chi connectivity index (χ4n) is 5.23. The van der Waals surface area contributed by atoms with Crippen LogP contribution in [0.2, 0.25) is 0 Å². The molecule has 0 N–H and O–H groups in total. The van der Waals surface area contributed by atoms with Gasteiger partial charge < -0.3 is 9.47 Å². The number of rotatable bonds is 7. The van der Waals surface area contributed by atoms with Crippen LogP contribution in [0.15, 0.2) is 91.0 Å². The summed E-state index contributed by atoms with van der Waals surface area (Å²) in [5.41, 5.74) is 1.59. The van der Waals surface area contributed by atoms with Gasteiger partial charge >= 0.3 is 6.09 Å². The maximum Gasteiger partial charge on any atom is 0.411 e. The first-order valence-corrected chi connectivity index (χ1v) is 11.7. The van der Waals surface area contributed by atoms with E-state index in [1.807, 2.05) is 91.0 Å². The van der Waals surface area contributed by atoms with Crippen molar-refractivity contribution in [2.75, 3.05) is 6.61 Å². The molecule has 6 nitrogen and oxygen atoms in total. The third kappa shape index (κ3) is 4.43. The second-order valence-electron chi connectivity index (χ2n) is 9.16. The van der Waals surface area contributed by atoms with E-state index in [4.69, 9.17) is 9.47 Å². The maximum atomic E-state index is 13.4. The van der Waals surface area contributed by atoms with Crippen molar-refractivity contribution in [1.29, 1.82) is 5.26 Å². The van der Waals surface area contributed by atoms with Crippen molar-refractivity contribution in [3.05, 3.63) is 108 Å². The van der Waals surface area contributed by atoms with Gasteiger partial charge in [0.1, 0.15) is 17.2 Å². The molecule has 0 radical (unpaired) electrons. The number of cyclic esters (lactones) is 1. The highest BCUT2D eigenvalue weighted by atomic mass is 16.6. The van der Waals surface area contributed by atoms with Crippen LogP contribution >= 0.6 is 0 Å². The van der Waals surface area contributed by atoms with Crippen molar-refractivity contribution in [2.45, 2.75) is 37.6 Å². The Bertz CT molecular complexity index is 1230. The SMILES string of the molecule is N#C[C@@]1(COCc2ccccc2)CC(=O)C[C@H]1N1C(=O)O[C@@H](c2ccccc2)[C@H]1c1ccccc1. The number of amides is 1.